The minimum Gasteiger partial charge on any atom is -0.496 e. The van der Waals surface area contributed by atoms with Crippen LogP contribution in [0.5, 0.6) is 11.5 Å². The molecule has 186 valence electrons. The third-order valence-corrected chi connectivity index (χ3v) is 5.51. The number of carbonyl (C=O) groups is 2. The number of methoxy groups -OCH3 is 2. The zero-order valence-corrected chi connectivity index (χ0v) is 21.9. The number of ether oxygens (including phenoxy) is 4. The lowest BCUT2D eigenvalue weighted by Crippen LogP contribution is -2.30. The molecule has 6 heteroatoms. The van der Waals surface area contributed by atoms with Gasteiger partial charge in [-0.3, -0.25) is 9.59 Å². The Bertz CT molecular complexity index is 951. The van der Waals surface area contributed by atoms with Crippen LogP contribution in [-0.4, -0.2) is 37.9 Å². The summed E-state index contributed by atoms with van der Waals surface area (Å²) in [5.74, 6) is -0.477. The number of esters is 2. The van der Waals surface area contributed by atoms with Crippen LogP contribution in [0.3, 0.4) is 0 Å². The van der Waals surface area contributed by atoms with E-state index in [9.17, 15) is 9.59 Å². The molecule has 0 saturated carbocycles. The maximum atomic E-state index is 13.0. The van der Waals surface area contributed by atoms with Crippen LogP contribution in [0, 0.1) is 19.8 Å². The smallest absolute Gasteiger partial charge is 0.309 e. The van der Waals surface area contributed by atoms with Gasteiger partial charge in [-0.05, 0) is 53.7 Å². The standard InChI is InChI=1S/C28H38O6/c1-17-10-12-23(31-8)21(14-17)26(22-15-18(2)11-13-24(22)32-9)20(4)33-27(30)19(3)16-25(29)34-28(5,6)7/h10-15,19-20,26H,16H2,1-9H3/t19-,20+/m1/s1. The molecule has 0 aromatic heterocycles. The highest BCUT2D eigenvalue weighted by atomic mass is 16.6. The molecule has 0 unspecified atom stereocenters. The van der Waals surface area contributed by atoms with Crippen molar-refractivity contribution in [2.45, 2.75) is 72.5 Å². The fourth-order valence-electron chi connectivity index (χ4n) is 3.95. The first kappa shape index (κ1) is 27.2. The van der Waals surface area contributed by atoms with Crippen molar-refractivity contribution in [3.8, 4) is 11.5 Å². The summed E-state index contributed by atoms with van der Waals surface area (Å²) in [7, 11) is 3.25. The summed E-state index contributed by atoms with van der Waals surface area (Å²) in [5.41, 5.74) is 3.30. The number of rotatable bonds is 9. The molecule has 0 aliphatic rings. The molecule has 34 heavy (non-hydrogen) atoms. The van der Waals surface area contributed by atoms with Gasteiger partial charge in [0.25, 0.3) is 0 Å². The Morgan fingerprint density at radius 1 is 0.853 bits per heavy atom. The van der Waals surface area contributed by atoms with Crippen molar-refractivity contribution in [1.82, 2.24) is 0 Å². The lowest BCUT2D eigenvalue weighted by molar-refractivity contribution is -0.163. The molecule has 2 aromatic carbocycles. The monoisotopic (exact) mass is 470 g/mol. The summed E-state index contributed by atoms with van der Waals surface area (Å²) in [6.07, 6.45) is -0.602. The highest BCUT2D eigenvalue weighted by molar-refractivity contribution is 5.80. The highest BCUT2D eigenvalue weighted by Gasteiger charge is 2.32. The molecular formula is C28H38O6. The molecule has 0 spiro atoms. The van der Waals surface area contributed by atoms with Crippen LogP contribution in [0.25, 0.3) is 0 Å². The lowest BCUT2D eigenvalue weighted by Gasteiger charge is -2.29. The van der Waals surface area contributed by atoms with E-state index in [0.29, 0.717) is 11.5 Å². The Morgan fingerprint density at radius 2 is 1.32 bits per heavy atom. The van der Waals surface area contributed by atoms with Crippen LogP contribution < -0.4 is 9.47 Å². The van der Waals surface area contributed by atoms with Crippen molar-refractivity contribution in [3.05, 3.63) is 58.7 Å². The first-order valence-corrected chi connectivity index (χ1v) is 11.6. The number of aryl methyl sites for hydroxylation is 2. The maximum Gasteiger partial charge on any atom is 0.309 e. The van der Waals surface area contributed by atoms with Gasteiger partial charge in [-0.1, -0.05) is 42.3 Å². The Morgan fingerprint density at radius 3 is 1.74 bits per heavy atom. The van der Waals surface area contributed by atoms with E-state index in [4.69, 9.17) is 18.9 Å². The summed E-state index contributed by atoms with van der Waals surface area (Å²) in [5, 5.41) is 0. The van der Waals surface area contributed by atoms with Crippen LogP contribution in [-0.2, 0) is 19.1 Å². The fraction of sp³-hybridized carbons (Fsp3) is 0.500. The van der Waals surface area contributed by atoms with Gasteiger partial charge in [0.15, 0.2) is 0 Å². The molecule has 2 aromatic rings. The third-order valence-electron chi connectivity index (χ3n) is 5.51. The fourth-order valence-corrected chi connectivity index (χ4v) is 3.95. The second-order valence-corrected chi connectivity index (χ2v) is 9.80. The van der Waals surface area contributed by atoms with Crippen molar-refractivity contribution in [1.29, 1.82) is 0 Å². The summed E-state index contributed by atoms with van der Waals surface area (Å²) >= 11 is 0. The Balaban J connectivity index is 2.41. The van der Waals surface area contributed by atoms with E-state index in [1.54, 1.807) is 41.9 Å². The largest absolute Gasteiger partial charge is 0.496 e. The second kappa shape index (κ2) is 11.4. The molecule has 0 radical (unpaired) electrons. The molecular weight excluding hydrogens is 432 g/mol. The number of hydrogen-bond acceptors (Lipinski definition) is 6. The van der Waals surface area contributed by atoms with E-state index < -0.39 is 29.6 Å². The van der Waals surface area contributed by atoms with Gasteiger partial charge in [0.2, 0.25) is 0 Å². The predicted octanol–water partition coefficient (Wildman–Crippen LogP) is 5.75. The lowest BCUT2D eigenvalue weighted by atomic mass is 9.84. The number of benzene rings is 2. The third kappa shape index (κ3) is 7.24. The van der Waals surface area contributed by atoms with Crippen LogP contribution in [0.2, 0.25) is 0 Å². The topological polar surface area (TPSA) is 71.1 Å². The first-order chi connectivity index (χ1) is 15.9. The van der Waals surface area contributed by atoms with E-state index in [0.717, 1.165) is 22.3 Å². The molecule has 0 aliphatic heterocycles. The van der Waals surface area contributed by atoms with Gasteiger partial charge in [-0.25, -0.2) is 0 Å². The molecule has 0 heterocycles. The molecule has 2 rings (SSSR count). The van der Waals surface area contributed by atoms with Crippen LogP contribution in [0.4, 0.5) is 0 Å². The summed E-state index contributed by atoms with van der Waals surface area (Å²) in [6.45, 7) is 12.9. The Kier molecular flexibility index (Phi) is 9.14. The van der Waals surface area contributed by atoms with Gasteiger partial charge in [0.1, 0.15) is 23.2 Å². The van der Waals surface area contributed by atoms with Gasteiger partial charge in [0, 0.05) is 11.1 Å². The quantitative estimate of drug-likeness (QED) is 0.435. The van der Waals surface area contributed by atoms with Crippen LogP contribution >= 0.6 is 0 Å². The van der Waals surface area contributed by atoms with Crippen molar-refractivity contribution in [3.63, 3.8) is 0 Å². The minimum atomic E-state index is -0.642. The van der Waals surface area contributed by atoms with Crippen molar-refractivity contribution in [2.75, 3.05) is 14.2 Å². The second-order valence-electron chi connectivity index (χ2n) is 9.80. The molecule has 0 amide bonds. The van der Waals surface area contributed by atoms with Crippen LogP contribution in [0.1, 0.15) is 69.2 Å². The zero-order chi connectivity index (χ0) is 25.6. The SMILES string of the molecule is COc1ccc(C)cc1C(c1cc(C)ccc1OC)[C@H](C)OC(=O)[C@H](C)CC(=O)OC(C)(C)C. The van der Waals surface area contributed by atoms with Gasteiger partial charge >= 0.3 is 11.9 Å². The van der Waals surface area contributed by atoms with Crippen LogP contribution in [0.15, 0.2) is 36.4 Å². The van der Waals surface area contributed by atoms with E-state index in [1.165, 1.54) is 0 Å². The van der Waals surface area contributed by atoms with Crippen molar-refractivity contribution in [2.24, 2.45) is 5.92 Å². The molecule has 0 saturated heterocycles. The molecule has 0 N–H and O–H groups in total. The van der Waals surface area contributed by atoms with Crippen molar-refractivity contribution < 1.29 is 28.5 Å². The Labute approximate surface area is 203 Å². The summed E-state index contributed by atoms with van der Waals surface area (Å²) in [4.78, 5) is 25.2. The van der Waals surface area contributed by atoms with Crippen molar-refractivity contribution >= 4 is 11.9 Å². The molecule has 2 atom stereocenters. The van der Waals surface area contributed by atoms with Gasteiger partial charge in [-0.15, -0.1) is 0 Å². The van der Waals surface area contributed by atoms with E-state index in [1.807, 2.05) is 57.2 Å². The average Bonchev–Trinajstić information content (AvgIpc) is 2.72. The van der Waals surface area contributed by atoms with E-state index >= 15 is 0 Å². The van der Waals surface area contributed by atoms with E-state index in [-0.39, 0.29) is 12.3 Å². The van der Waals surface area contributed by atoms with E-state index in [2.05, 4.69) is 0 Å². The van der Waals surface area contributed by atoms with Gasteiger partial charge < -0.3 is 18.9 Å². The summed E-state index contributed by atoms with van der Waals surface area (Å²) < 4.78 is 22.6. The molecule has 0 aliphatic carbocycles. The normalized spacial score (nSPS) is 13.2. The maximum absolute atomic E-state index is 13.0. The number of carbonyl (C=O) groups excluding carboxylic acids is 2. The average molecular weight is 471 g/mol. The number of hydrogen-bond donors (Lipinski definition) is 0. The minimum absolute atomic E-state index is 0.0466. The molecule has 0 fully saturated rings. The van der Waals surface area contributed by atoms with Gasteiger partial charge in [0.05, 0.1) is 32.5 Å². The molecule has 0 bridgehead atoms. The van der Waals surface area contributed by atoms with Gasteiger partial charge in [-0.2, -0.15) is 0 Å². The summed E-state index contributed by atoms with van der Waals surface area (Å²) in [6, 6.07) is 11.9. The predicted molar refractivity (Wildman–Crippen MR) is 132 cm³/mol. The molecule has 6 nitrogen and oxygen atoms in total. The first-order valence-electron chi connectivity index (χ1n) is 11.6. The zero-order valence-electron chi connectivity index (χ0n) is 21.9. The highest BCUT2D eigenvalue weighted by Crippen LogP contribution is 2.40. The Hall–Kier alpha value is -3.02.